The van der Waals surface area contributed by atoms with Gasteiger partial charge in [0.05, 0.1) is 0 Å². The highest BCUT2D eigenvalue weighted by Crippen LogP contribution is 2.04. The zero-order valence-corrected chi connectivity index (χ0v) is 10.5. The molecule has 1 aliphatic heterocycles. The Morgan fingerprint density at radius 3 is 2.89 bits per heavy atom. The maximum absolute atomic E-state index is 11.9. The number of amides is 2. The summed E-state index contributed by atoms with van der Waals surface area (Å²) in [6.07, 6.45) is -0.448. The highest BCUT2D eigenvalue weighted by Gasteiger charge is 2.25. The van der Waals surface area contributed by atoms with Gasteiger partial charge in [-0.1, -0.05) is 30.3 Å². The monoisotopic (exact) mass is 263 g/mol. The molecule has 1 aromatic rings. The van der Waals surface area contributed by atoms with Crippen LogP contribution in [0.5, 0.6) is 0 Å². The van der Waals surface area contributed by atoms with Crippen LogP contribution in [0.25, 0.3) is 0 Å². The van der Waals surface area contributed by atoms with E-state index in [1.165, 1.54) is 4.90 Å². The number of benzene rings is 1. The Labute approximate surface area is 111 Å². The maximum Gasteiger partial charge on any atom is 0.410 e. The molecule has 102 valence electrons. The van der Waals surface area contributed by atoms with Crippen LogP contribution in [-0.4, -0.2) is 42.6 Å². The fraction of sp³-hybridized carbons (Fsp3) is 0.385. The van der Waals surface area contributed by atoms with Crippen LogP contribution < -0.4 is 11.1 Å². The molecule has 1 fully saturated rings. The molecule has 6 nitrogen and oxygen atoms in total. The minimum atomic E-state index is -0.702. The molecule has 0 saturated carbocycles. The van der Waals surface area contributed by atoms with Crippen molar-refractivity contribution in [3.8, 4) is 0 Å². The minimum Gasteiger partial charge on any atom is -0.445 e. The van der Waals surface area contributed by atoms with Gasteiger partial charge in [0.15, 0.2) is 0 Å². The predicted molar refractivity (Wildman–Crippen MR) is 69.2 cm³/mol. The first-order valence-electron chi connectivity index (χ1n) is 6.16. The number of nitrogens with zero attached hydrogens (tertiary/aromatic N) is 1. The second-order valence-electron chi connectivity index (χ2n) is 4.38. The Morgan fingerprint density at radius 1 is 1.42 bits per heavy atom. The van der Waals surface area contributed by atoms with Crippen LogP contribution in [0.3, 0.4) is 0 Å². The first-order chi connectivity index (χ1) is 9.16. The molecule has 1 atom stereocenters. The quantitative estimate of drug-likeness (QED) is 0.791. The van der Waals surface area contributed by atoms with E-state index in [4.69, 9.17) is 10.5 Å². The van der Waals surface area contributed by atoms with Gasteiger partial charge in [-0.15, -0.1) is 0 Å². The minimum absolute atomic E-state index is 0.180. The van der Waals surface area contributed by atoms with Gasteiger partial charge in [0, 0.05) is 19.6 Å². The Hall–Kier alpha value is -2.08. The summed E-state index contributed by atoms with van der Waals surface area (Å²) in [6, 6.07) is 8.73. The summed E-state index contributed by atoms with van der Waals surface area (Å²) < 4.78 is 5.20. The summed E-state index contributed by atoms with van der Waals surface area (Å²) in [5.41, 5.74) is 6.57. The molecule has 2 rings (SSSR count). The summed E-state index contributed by atoms with van der Waals surface area (Å²) >= 11 is 0. The van der Waals surface area contributed by atoms with Crippen LogP contribution >= 0.6 is 0 Å². The van der Waals surface area contributed by atoms with Gasteiger partial charge < -0.3 is 20.7 Å². The molecule has 3 N–H and O–H groups in total. The lowest BCUT2D eigenvalue weighted by molar-refractivity contribution is -0.121. The number of nitrogens with two attached hydrogens (primary N) is 1. The summed E-state index contributed by atoms with van der Waals surface area (Å²) in [6.45, 7) is 1.20. The average Bonchev–Trinajstić information content (AvgIpc) is 2.60. The normalized spacial score (nSPS) is 19.5. The van der Waals surface area contributed by atoms with Crippen molar-refractivity contribution in [1.82, 2.24) is 10.2 Å². The molecule has 1 aliphatic rings. The number of hydrogen-bond acceptors (Lipinski definition) is 4. The first kappa shape index (κ1) is 13.4. The molecule has 0 spiro atoms. The van der Waals surface area contributed by atoms with Crippen molar-refractivity contribution in [2.24, 2.45) is 5.73 Å². The predicted octanol–water partition coefficient (Wildman–Crippen LogP) is 0.0823. The number of ether oxygens (including phenoxy) is 1. The van der Waals surface area contributed by atoms with E-state index in [0.717, 1.165) is 5.56 Å². The Morgan fingerprint density at radius 2 is 2.16 bits per heavy atom. The SMILES string of the molecule is N[C@@H]1CN(C(=O)OCc2ccccc2)CCNC1=O. The van der Waals surface area contributed by atoms with Crippen molar-refractivity contribution in [3.05, 3.63) is 35.9 Å². The van der Waals surface area contributed by atoms with Gasteiger partial charge in [0.2, 0.25) is 5.91 Å². The van der Waals surface area contributed by atoms with Crippen molar-refractivity contribution in [2.45, 2.75) is 12.6 Å². The van der Waals surface area contributed by atoms with Crippen molar-refractivity contribution in [3.63, 3.8) is 0 Å². The van der Waals surface area contributed by atoms with E-state index >= 15 is 0 Å². The number of nitrogens with one attached hydrogen (secondary N) is 1. The third-order valence-corrected chi connectivity index (χ3v) is 2.90. The van der Waals surface area contributed by atoms with Crippen molar-refractivity contribution in [1.29, 1.82) is 0 Å². The molecular weight excluding hydrogens is 246 g/mol. The van der Waals surface area contributed by atoms with Gasteiger partial charge in [0.1, 0.15) is 12.6 Å². The fourth-order valence-corrected chi connectivity index (χ4v) is 1.83. The van der Waals surface area contributed by atoms with E-state index in [9.17, 15) is 9.59 Å². The lowest BCUT2D eigenvalue weighted by Gasteiger charge is -2.20. The largest absolute Gasteiger partial charge is 0.445 e. The summed E-state index contributed by atoms with van der Waals surface area (Å²) in [5, 5.41) is 2.64. The van der Waals surface area contributed by atoms with Gasteiger partial charge >= 0.3 is 6.09 Å². The van der Waals surface area contributed by atoms with E-state index in [1.807, 2.05) is 30.3 Å². The fourth-order valence-electron chi connectivity index (χ4n) is 1.83. The molecule has 6 heteroatoms. The van der Waals surface area contributed by atoms with Gasteiger partial charge in [-0.05, 0) is 5.56 Å². The summed E-state index contributed by atoms with van der Waals surface area (Å²) in [5.74, 6) is -0.238. The highest BCUT2D eigenvalue weighted by atomic mass is 16.6. The standard InChI is InChI=1S/C13H17N3O3/c14-11-8-16(7-6-15-12(11)17)13(18)19-9-10-4-2-1-3-5-10/h1-5,11H,6-9,14H2,(H,15,17)/t11-/m1/s1. The molecule has 0 bridgehead atoms. The first-order valence-corrected chi connectivity index (χ1v) is 6.16. The Kier molecular flexibility index (Phi) is 4.35. The van der Waals surface area contributed by atoms with Crippen LogP contribution in [-0.2, 0) is 16.1 Å². The van der Waals surface area contributed by atoms with Crippen LogP contribution in [0.15, 0.2) is 30.3 Å². The van der Waals surface area contributed by atoms with E-state index in [-0.39, 0.29) is 19.1 Å². The van der Waals surface area contributed by atoms with Gasteiger partial charge in [0.25, 0.3) is 0 Å². The Bertz CT molecular complexity index is 450. The number of carbonyl (C=O) groups is 2. The molecule has 1 saturated heterocycles. The molecule has 0 aromatic heterocycles. The summed E-state index contributed by atoms with van der Waals surface area (Å²) in [7, 11) is 0. The van der Waals surface area contributed by atoms with E-state index in [2.05, 4.69) is 5.32 Å². The van der Waals surface area contributed by atoms with Gasteiger partial charge in [-0.3, -0.25) is 4.79 Å². The second-order valence-corrected chi connectivity index (χ2v) is 4.38. The molecule has 0 aliphatic carbocycles. The Balaban J connectivity index is 1.87. The molecule has 2 amide bonds. The number of carbonyl (C=O) groups excluding carboxylic acids is 2. The number of hydrogen-bond donors (Lipinski definition) is 2. The smallest absolute Gasteiger partial charge is 0.410 e. The summed E-state index contributed by atoms with van der Waals surface area (Å²) in [4.78, 5) is 24.7. The van der Waals surface area contributed by atoms with Crippen LogP contribution in [0.2, 0.25) is 0 Å². The van der Waals surface area contributed by atoms with Crippen LogP contribution in [0.4, 0.5) is 4.79 Å². The van der Waals surface area contributed by atoms with E-state index in [0.29, 0.717) is 13.1 Å². The maximum atomic E-state index is 11.9. The molecule has 1 aromatic carbocycles. The molecule has 0 radical (unpaired) electrons. The third-order valence-electron chi connectivity index (χ3n) is 2.90. The van der Waals surface area contributed by atoms with Crippen molar-refractivity contribution >= 4 is 12.0 Å². The van der Waals surface area contributed by atoms with Crippen LogP contribution in [0.1, 0.15) is 5.56 Å². The van der Waals surface area contributed by atoms with E-state index < -0.39 is 12.1 Å². The lowest BCUT2D eigenvalue weighted by Crippen LogP contribution is -2.45. The lowest BCUT2D eigenvalue weighted by atomic mass is 10.2. The number of rotatable bonds is 2. The van der Waals surface area contributed by atoms with Crippen LogP contribution in [0, 0.1) is 0 Å². The third kappa shape index (κ3) is 3.69. The van der Waals surface area contributed by atoms with Crippen molar-refractivity contribution < 1.29 is 14.3 Å². The zero-order chi connectivity index (χ0) is 13.7. The molecule has 19 heavy (non-hydrogen) atoms. The van der Waals surface area contributed by atoms with E-state index in [1.54, 1.807) is 0 Å². The highest BCUT2D eigenvalue weighted by molar-refractivity contribution is 5.83. The van der Waals surface area contributed by atoms with Crippen molar-refractivity contribution in [2.75, 3.05) is 19.6 Å². The van der Waals surface area contributed by atoms with Gasteiger partial charge in [-0.25, -0.2) is 4.79 Å². The average molecular weight is 263 g/mol. The second kappa shape index (κ2) is 6.19. The molecule has 0 unspecified atom stereocenters. The molecular formula is C13H17N3O3. The topological polar surface area (TPSA) is 84.7 Å². The zero-order valence-electron chi connectivity index (χ0n) is 10.5. The van der Waals surface area contributed by atoms with Gasteiger partial charge in [-0.2, -0.15) is 0 Å². The molecule has 1 heterocycles.